The normalized spacial score (nSPS) is 31.2. The number of thiol groups is 1. The van der Waals surface area contributed by atoms with E-state index in [9.17, 15) is 4.79 Å². The van der Waals surface area contributed by atoms with Gasteiger partial charge in [0.1, 0.15) is 5.60 Å². The SMILES string of the molecule is CC(NC(=O)CS)C1(C)CO1. The number of hydrogen-bond donors (Lipinski definition) is 2. The monoisotopic (exact) mass is 175 g/mol. The predicted molar refractivity (Wildman–Crippen MR) is 45.8 cm³/mol. The molecule has 2 atom stereocenters. The molecule has 0 aromatic carbocycles. The van der Waals surface area contributed by atoms with E-state index in [1.165, 1.54) is 0 Å². The molecule has 1 fully saturated rings. The fraction of sp³-hybridized carbons (Fsp3) is 0.857. The van der Waals surface area contributed by atoms with Gasteiger partial charge in [0, 0.05) is 0 Å². The number of carbonyl (C=O) groups excluding carboxylic acids is 1. The zero-order valence-electron chi connectivity index (χ0n) is 6.76. The Balaban J connectivity index is 2.31. The molecule has 1 saturated heterocycles. The number of carbonyl (C=O) groups is 1. The summed E-state index contributed by atoms with van der Waals surface area (Å²) in [5.74, 6) is 0.193. The number of epoxide rings is 1. The van der Waals surface area contributed by atoms with E-state index in [1.807, 2.05) is 13.8 Å². The molecule has 1 aliphatic heterocycles. The summed E-state index contributed by atoms with van der Waals surface area (Å²) in [7, 11) is 0. The molecule has 0 saturated carbocycles. The number of amides is 1. The van der Waals surface area contributed by atoms with Crippen LogP contribution in [0, 0.1) is 0 Å². The van der Waals surface area contributed by atoms with Gasteiger partial charge in [0.15, 0.2) is 0 Å². The van der Waals surface area contributed by atoms with Crippen molar-refractivity contribution in [3.8, 4) is 0 Å². The fourth-order valence-corrected chi connectivity index (χ4v) is 0.895. The summed E-state index contributed by atoms with van der Waals surface area (Å²) in [5, 5.41) is 2.79. The molecular weight excluding hydrogens is 162 g/mol. The van der Waals surface area contributed by atoms with Crippen LogP contribution >= 0.6 is 12.6 Å². The highest BCUT2D eigenvalue weighted by molar-refractivity contribution is 7.81. The summed E-state index contributed by atoms with van der Waals surface area (Å²) < 4.78 is 5.16. The molecule has 1 heterocycles. The lowest BCUT2D eigenvalue weighted by atomic mass is 10.1. The lowest BCUT2D eigenvalue weighted by Gasteiger charge is -2.16. The first-order valence-electron chi connectivity index (χ1n) is 3.62. The van der Waals surface area contributed by atoms with Gasteiger partial charge in [-0.2, -0.15) is 12.6 Å². The van der Waals surface area contributed by atoms with Crippen LogP contribution in [0.5, 0.6) is 0 Å². The molecule has 1 rings (SSSR count). The Morgan fingerprint density at radius 3 is 2.82 bits per heavy atom. The van der Waals surface area contributed by atoms with Gasteiger partial charge >= 0.3 is 0 Å². The average molecular weight is 175 g/mol. The van der Waals surface area contributed by atoms with Crippen LogP contribution in [0.25, 0.3) is 0 Å². The van der Waals surface area contributed by atoms with E-state index in [0.717, 1.165) is 6.61 Å². The second-order valence-electron chi connectivity index (χ2n) is 3.05. The molecule has 0 bridgehead atoms. The number of ether oxygens (including phenoxy) is 1. The first kappa shape index (κ1) is 8.87. The van der Waals surface area contributed by atoms with Crippen LogP contribution in [0.4, 0.5) is 0 Å². The van der Waals surface area contributed by atoms with Gasteiger partial charge in [0.25, 0.3) is 0 Å². The van der Waals surface area contributed by atoms with Crippen molar-refractivity contribution in [3.63, 3.8) is 0 Å². The van der Waals surface area contributed by atoms with Crippen molar-refractivity contribution in [2.75, 3.05) is 12.4 Å². The summed E-state index contributed by atoms with van der Waals surface area (Å²) >= 11 is 3.85. The number of rotatable bonds is 3. The van der Waals surface area contributed by atoms with Crippen molar-refractivity contribution in [3.05, 3.63) is 0 Å². The van der Waals surface area contributed by atoms with Gasteiger partial charge < -0.3 is 10.1 Å². The van der Waals surface area contributed by atoms with Gasteiger partial charge in [-0.05, 0) is 13.8 Å². The van der Waals surface area contributed by atoms with Crippen LogP contribution in [0.3, 0.4) is 0 Å². The maximum Gasteiger partial charge on any atom is 0.230 e. The van der Waals surface area contributed by atoms with Gasteiger partial charge in [-0.1, -0.05) is 0 Å². The highest BCUT2D eigenvalue weighted by Gasteiger charge is 2.45. The third-order valence-corrected chi connectivity index (χ3v) is 2.32. The largest absolute Gasteiger partial charge is 0.368 e. The van der Waals surface area contributed by atoms with Gasteiger partial charge in [0.2, 0.25) is 5.91 Å². The van der Waals surface area contributed by atoms with E-state index in [0.29, 0.717) is 0 Å². The lowest BCUT2D eigenvalue weighted by Crippen LogP contribution is -2.42. The van der Waals surface area contributed by atoms with Crippen LogP contribution < -0.4 is 5.32 Å². The molecule has 4 heteroatoms. The molecular formula is C7H13NO2S. The van der Waals surface area contributed by atoms with Crippen molar-refractivity contribution < 1.29 is 9.53 Å². The summed E-state index contributed by atoms with van der Waals surface area (Å²) in [6.45, 7) is 4.66. The summed E-state index contributed by atoms with van der Waals surface area (Å²) in [6, 6.07) is 0.0853. The van der Waals surface area contributed by atoms with Crippen molar-refractivity contribution in [1.29, 1.82) is 0 Å². The van der Waals surface area contributed by atoms with E-state index in [1.54, 1.807) is 0 Å². The van der Waals surface area contributed by atoms with Crippen molar-refractivity contribution in [2.45, 2.75) is 25.5 Å². The predicted octanol–water partition coefficient (Wildman–Crippen LogP) is 0.210. The summed E-state index contributed by atoms with van der Waals surface area (Å²) in [5.41, 5.74) is -0.126. The molecule has 0 spiro atoms. The number of nitrogens with one attached hydrogen (secondary N) is 1. The second kappa shape index (κ2) is 3.03. The minimum Gasteiger partial charge on any atom is -0.368 e. The highest BCUT2D eigenvalue weighted by atomic mass is 32.1. The first-order valence-corrected chi connectivity index (χ1v) is 4.26. The Hall–Kier alpha value is -0.220. The lowest BCUT2D eigenvalue weighted by molar-refractivity contribution is -0.119. The Kier molecular flexibility index (Phi) is 2.44. The highest BCUT2D eigenvalue weighted by Crippen LogP contribution is 2.29. The van der Waals surface area contributed by atoms with E-state index >= 15 is 0 Å². The van der Waals surface area contributed by atoms with Crippen LogP contribution in [0.1, 0.15) is 13.8 Å². The van der Waals surface area contributed by atoms with Crippen LogP contribution in [-0.4, -0.2) is 29.9 Å². The van der Waals surface area contributed by atoms with E-state index in [4.69, 9.17) is 4.74 Å². The fourth-order valence-electron chi connectivity index (χ4n) is 0.804. The van der Waals surface area contributed by atoms with Crippen LogP contribution in [0.2, 0.25) is 0 Å². The first-order chi connectivity index (χ1) is 5.08. The van der Waals surface area contributed by atoms with E-state index < -0.39 is 0 Å². The third kappa shape index (κ3) is 2.10. The standard InChI is InChI=1S/C7H13NO2S/c1-5(7(2)4-10-7)8-6(9)3-11/h5,11H,3-4H2,1-2H3,(H,8,9). The zero-order valence-corrected chi connectivity index (χ0v) is 7.65. The van der Waals surface area contributed by atoms with Crippen molar-refractivity contribution in [2.24, 2.45) is 0 Å². The molecule has 0 aliphatic carbocycles. The zero-order chi connectivity index (χ0) is 8.48. The smallest absolute Gasteiger partial charge is 0.230 e. The maximum atomic E-state index is 10.9. The Morgan fingerprint density at radius 1 is 1.91 bits per heavy atom. The summed E-state index contributed by atoms with van der Waals surface area (Å²) in [4.78, 5) is 10.9. The van der Waals surface area contributed by atoms with Crippen LogP contribution in [-0.2, 0) is 9.53 Å². The molecule has 1 aliphatic rings. The van der Waals surface area contributed by atoms with Crippen molar-refractivity contribution in [1.82, 2.24) is 5.32 Å². The minimum atomic E-state index is -0.126. The van der Waals surface area contributed by atoms with Gasteiger partial charge in [-0.3, -0.25) is 4.79 Å². The van der Waals surface area contributed by atoms with Crippen molar-refractivity contribution >= 4 is 18.5 Å². The molecule has 2 unspecified atom stereocenters. The number of hydrogen-bond acceptors (Lipinski definition) is 3. The Morgan fingerprint density at radius 2 is 2.45 bits per heavy atom. The second-order valence-corrected chi connectivity index (χ2v) is 3.36. The minimum absolute atomic E-state index is 0.0439. The Labute approximate surface area is 71.9 Å². The maximum absolute atomic E-state index is 10.9. The molecule has 1 N–H and O–H groups in total. The molecule has 11 heavy (non-hydrogen) atoms. The quantitative estimate of drug-likeness (QED) is 0.475. The molecule has 3 nitrogen and oxygen atoms in total. The van der Waals surface area contributed by atoms with E-state index in [-0.39, 0.29) is 23.3 Å². The third-order valence-electron chi connectivity index (χ3n) is 2.04. The molecule has 0 aromatic heterocycles. The average Bonchev–Trinajstić information content (AvgIpc) is 2.69. The van der Waals surface area contributed by atoms with Gasteiger partial charge in [-0.25, -0.2) is 0 Å². The molecule has 64 valence electrons. The van der Waals surface area contributed by atoms with Gasteiger partial charge in [-0.15, -0.1) is 0 Å². The topological polar surface area (TPSA) is 41.6 Å². The molecule has 0 radical (unpaired) electrons. The molecule has 1 amide bonds. The Bertz CT molecular complexity index is 168. The van der Waals surface area contributed by atoms with Gasteiger partial charge in [0.05, 0.1) is 18.4 Å². The van der Waals surface area contributed by atoms with E-state index in [2.05, 4.69) is 17.9 Å². The van der Waals surface area contributed by atoms with Crippen LogP contribution in [0.15, 0.2) is 0 Å². The summed E-state index contributed by atoms with van der Waals surface area (Å²) in [6.07, 6.45) is 0. The molecule has 0 aromatic rings.